The number of amides is 3. The summed E-state index contributed by atoms with van der Waals surface area (Å²) in [5, 5.41) is 6.35. The summed E-state index contributed by atoms with van der Waals surface area (Å²) < 4.78 is 5.84. The number of hydrogen-bond acceptors (Lipinski definition) is 8. The molecular weight excluding hydrogens is 608 g/mol. The number of rotatable bonds is 8. The van der Waals surface area contributed by atoms with Crippen molar-refractivity contribution in [3.63, 3.8) is 0 Å². The number of likely N-dealkylation sites (N-methyl/N-ethyl adjacent to an activating group) is 2. The fourth-order valence-electron chi connectivity index (χ4n) is 5.88. The van der Waals surface area contributed by atoms with Crippen molar-refractivity contribution >= 4 is 47.0 Å². The number of nitrogens with one attached hydrogen (secondary N) is 2. The molecule has 0 unspecified atom stereocenters. The predicted octanol–water partition coefficient (Wildman–Crippen LogP) is 6.63. The Morgan fingerprint density at radius 2 is 1.67 bits per heavy atom. The second kappa shape index (κ2) is 20.9. The Morgan fingerprint density at radius 1 is 0.979 bits per heavy atom. The molecule has 1 saturated carbocycles. The molecule has 3 amide bonds. The van der Waals surface area contributed by atoms with Gasteiger partial charge in [-0.3, -0.25) is 14.4 Å². The van der Waals surface area contributed by atoms with Crippen molar-refractivity contribution < 1.29 is 23.6 Å². The summed E-state index contributed by atoms with van der Waals surface area (Å²) in [7, 11) is 7.38. The van der Waals surface area contributed by atoms with E-state index in [0.717, 1.165) is 31.5 Å². The van der Waals surface area contributed by atoms with Crippen molar-refractivity contribution in [3.05, 3.63) is 53.4 Å². The lowest BCUT2D eigenvalue weighted by Crippen LogP contribution is -2.41. The van der Waals surface area contributed by atoms with Crippen LogP contribution >= 0.6 is 0 Å². The van der Waals surface area contributed by atoms with Gasteiger partial charge in [0.2, 0.25) is 11.7 Å². The second-order valence-corrected chi connectivity index (χ2v) is 12.1. The van der Waals surface area contributed by atoms with Crippen LogP contribution in [-0.4, -0.2) is 98.1 Å². The van der Waals surface area contributed by atoms with E-state index in [1.165, 1.54) is 44.9 Å². The number of pyridine rings is 1. The number of fused-ring (bicyclic) bond motifs is 1. The predicted molar refractivity (Wildman–Crippen MR) is 194 cm³/mol. The van der Waals surface area contributed by atoms with Gasteiger partial charge in [0.25, 0.3) is 11.8 Å². The highest BCUT2D eigenvalue weighted by molar-refractivity contribution is 6.16. The molecule has 1 saturated heterocycles. The van der Waals surface area contributed by atoms with Crippen molar-refractivity contribution in [3.8, 4) is 0 Å². The number of carbonyl (C=O) groups excluding carboxylic acids is 4. The lowest BCUT2D eigenvalue weighted by Gasteiger charge is -2.33. The largest absolute Gasteiger partial charge is 0.449 e. The third-order valence-electron chi connectivity index (χ3n) is 8.41. The Hall–Kier alpha value is -4.25. The summed E-state index contributed by atoms with van der Waals surface area (Å²) in [6.07, 6.45) is 12.6. The van der Waals surface area contributed by atoms with E-state index in [0.29, 0.717) is 46.5 Å². The van der Waals surface area contributed by atoms with Gasteiger partial charge in [-0.05, 0) is 70.5 Å². The minimum atomic E-state index is -0.439. The van der Waals surface area contributed by atoms with Crippen LogP contribution in [0, 0.1) is 6.92 Å². The molecule has 2 aliphatic rings. The van der Waals surface area contributed by atoms with E-state index >= 15 is 0 Å². The lowest BCUT2D eigenvalue weighted by atomic mass is 9.94. The van der Waals surface area contributed by atoms with Crippen LogP contribution in [-0.2, 0) is 9.59 Å². The summed E-state index contributed by atoms with van der Waals surface area (Å²) in [5.41, 5.74) is 2.41. The maximum Gasteiger partial charge on any atom is 0.294 e. The molecule has 11 nitrogen and oxygen atoms in total. The smallest absolute Gasteiger partial charge is 0.294 e. The monoisotopic (exact) mass is 664 g/mol. The van der Waals surface area contributed by atoms with Gasteiger partial charge in [-0.25, -0.2) is 4.98 Å². The van der Waals surface area contributed by atoms with E-state index in [-0.39, 0.29) is 11.7 Å². The van der Waals surface area contributed by atoms with Crippen LogP contribution in [0.1, 0.15) is 98.1 Å². The van der Waals surface area contributed by atoms with Crippen molar-refractivity contribution in [1.82, 2.24) is 19.7 Å². The van der Waals surface area contributed by atoms with E-state index in [1.54, 1.807) is 49.5 Å². The van der Waals surface area contributed by atoms with E-state index in [4.69, 9.17) is 9.21 Å². The molecule has 11 heteroatoms. The molecule has 2 fully saturated rings. The van der Waals surface area contributed by atoms with Crippen molar-refractivity contribution in [1.29, 1.82) is 0 Å². The zero-order valence-corrected chi connectivity index (χ0v) is 30.1. The normalized spacial score (nSPS) is 14.8. The number of hydrogen-bond donors (Lipinski definition) is 2. The first-order valence-corrected chi connectivity index (χ1v) is 17.2. The van der Waals surface area contributed by atoms with E-state index < -0.39 is 5.91 Å². The number of aryl methyl sites for hydroxylation is 1. The van der Waals surface area contributed by atoms with Crippen LogP contribution in [0.15, 0.2) is 40.9 Å². The molecule has 48 heavy (non-hydrogen) atoms. The molecule has 264 valence electrons. The summed E-state index contributed by atoms with van der Waals surface area (Å²) in [6.45, 7) is 10.3. The highest BCUT2D eigenvalue weighted by Crippen LogP contribution is 2.34. The molecule has 2 N–H and O–H groups in total. The van der Waals surface area contributed by atoms with Gasteiger partial charge < -0.3 is 34.5 Å². The minimum absolute atomic E-state index is 0.103. The van der Waals surface area contributed by atoms with E-state index in [9.17, 15) is 14.4 Å². The Balaban J connectivity index is 0.000000370. The number of nitrogens with zero attached hydrogens (tertiary/aromatic N) is 4. The van der Waals surface area contributed by atoms with Gasteiger partial charge in [0.05, 0.1) is 16.6 Å². The third kappa shape index (κ3) is 11.2. The van der Waals surface area contributed by atoms with Gasteiger partial charge in [0, 0.05) is 52.4 Å². The number of benzene rings is 1. The van der Waals surface area contributed by atoms with Gasteiger partial charge in [0.15, 0.2) is 0 Å². The molecule has 1 aliphatic heterocycles. The Morgan fingerprint density at radius 3 is 2.29 bits per heavy atom. The molecule has 1 aliphatic carbocycles. The molecule has 1 aromatic carbocycles. The first-order valence-electron chi connectivity index (χ1n) is 17.2. The summed E-state index contributed by atoms with van der Waals surface area (Å²) >= 11 is 0. The van der Waals surface area contributed by atoms with Crippen molar-refractivity contribution in [2.45, 2.75) is 84.6 Å². The van der Waals surface area contributed by atoms with Gasteiger partial charge in [-0.15, -0.1) is 0 Å². The molecular formula is C37H56N6O5. The maximum atomic E-state index is 13.1. The van der Waals surface area contributed by atoms with E-state index in [2.05, 4.69) is 20.5 Å². The standard InChI is InChI=1S/C22H27N5O3.C12H21NO.C2H6.CH2O/c1-14-9-10-17(24-13-14)25-21(28)20-19(23-2)18-15(7-6-8-16(18)30-20)22(29)27(5)12-11-26(3)4;14-12-9-5-2-6-10-13(12)11-7-3-1-4-8-11;2*1-2/h6-10,13,23H,11-12H2,1-5H3,(H,24,25,28);11H,1-10H2;1-2H3;1H2. The topological polar surface area (TPSA) is 128 Å². The molecule has 5 rings (SSSR count). The fraction of sp³-hybridized carbons (Fsp3) is 0.541. The lowest BCUT2D eigenvalue weighted by molar-refractivity contribution is -0.133. The van der Waals surface area contributed by atoms with Gasteiger partial charge in [-0.1, -0.05) is 51.7 Å². The third-order valence-corrected chi connectivity index (χ3v) is 8.41. The second-order valence-electron chi connectivity index (χ2n) is 12.1. The minimum Gasteiger partial charge on any atom is -0.449 e. The van der Waals surface area contributed by atoms with Crippen LogP contribution in [0.2, 0.25) is 0 Å². The number of anilines is 2. The zero-order chi connectivity index (χ0) is 35.6. The summed E-state index contributed by atoms with van der Waals surface area (Å²) in [4.78, 5) is 55.8. The van der Waals surface area contributed by atoms with Crippen LogP contribution in [0.5, 0.6) is 0 Å². The molecule has 0 radical (unpaired) electrons. The summed E-state index contributed by atoms with van der Waals surface area (Å²) in [6, 6.07) is 9.42. The zero-order valence-electron chi connectivity index (χ0n) is 30.1. The molecule has 0 bridgehead atoms. The van der Waals surface area contributed by atoms with Gasteiger partial charge in [0.1, 0.15) is 18.2 Å². The first-order chi connectivity index (χ1) is 23.2. The van der Waals surface area contributed by atoms with E-state index in [1.807, 2.05) is 52.6 Å². The number of aromatic nitrogens is 1. The van der Waals surface area contributed by atoms with Gasteiger partial charge >= 0.3 is 0 Å². The number of likely N-dealkylation sites (tertiary alicyclic amines) is 1. The Bertz CT molecular complexity index is 1430. The Kier molecular flexibility index (Phi) is 17.4. The number of carbonyl (C=O) groups is 4. The summed E-state index contributed by atoms with van der Waals surface area (Å²) in [5.74, 6) is 0.381. The van der Waals surface area contributed by atoms with Crippen molar-refractivity contribution in [2.75, 3.05) is 58.5 Å². The van der Waals surface area contributed by atoms with Crippen LogP contribution in [0.3, 0.4) is 0 Å². The average Bonchev–Trinajstić information content (AvgIpc) is 3.37. The molecule has 0 atom stereocenters. The molecule has 3 aromatic rings. The first kappa shape index (κ1) is 39.9. The Labute approximate surface area is 286 Å². The molecule has 3 heterocycles. The van der Waals surface area contributed by atoms with Crippen LogP contribution in [0.4, 0.5) is 11.5 Å². The quantitative estimate of drug-likeness (QED) is 0.275. The highest BCUT2D eigenvalue weighted by Gasteiger charge is 2.27. The average molecular weight is 665 g/mol. The highest BCUT2D eigenvalue weighted by atomic mass is 16.3. The van der Waals surface area contributed by atoms with Crippen molar-refractivity contribution in [2.24, 2.45) is 0 Å². The molecule has 2 aromatic heterocycles. The van der Waals surface area contributed by atoms with Crippen LogP contribution < -0.4 is 10.6 Å². The SMILES string of the molecule is C=O.CC.CNc1c(C(=O)Nc2ccc(C)cn2)oc2cccc(C(=O)N(C)CCN(C)C)c12.O=C1CCCCCN1C1CCCCC1. The number of furan rings is 1. The fourth-order valence-corrected chi connectivity index (χ4v) is 5.88. The maximum absolute atomic E-state index is 13.1. The van der Waals surface area contributed by atoms with Gasteiger partial charge in [-0.2, -0.15) is 0 Å². The van der Waals surface area contributed by atoms with Crippen LogP contribution in [0.25, 0.3) is 11.0 Å². The molecule has 0 spiro atoms.